The van der Waals surface area contributed by atoms with Crippen LogP contribution in [0.4, 0.5) is 17.1 Å². The first-order valence-electron chi connectivity index (χ1n) is 17.5. The van der Waals surface area contributed by atoms with Crippen molar-refractivity contribution in [2.24, 2.45) is 28.7 Å². The molecule has 6 nitrogen and oxygen atoms in total. The molecular formula is C40H44N4O2. The van der Waals surface area contributed by atoms with Gasteiger partial charge in [0, 0.05) is 16.6 Å². The van der Waals surface area contributed by atoms with Crippen LogP contribution >= 0.6 is 0 Å². The van der Waals surface area contributed by atoms with Crippen LogP contribution in [0, 0.1) is 23.7 Å². The van der Waals surface area contributed by atoms with E-state index in [1.807, 2.05) is 12.1 Å². The summed E-state index contributed by atoms with van der Waals surface area (Å²) in [5.74, 6) is 0.729. The van der Waals surface area contributed by atoms with Crippen molar-refractivity contribution in [2.75, 3.05) is 16.0 Å². The quantitative estimate of drug-likeness (QED) is 0.254. The number of hydrogen-bond donors (Lipinski definition) is 3. The zero-order valence-electron chi connectivity index (χ0n) is 27.4. The Labute approximate surface area is 271 Å². The number of rotatable bonds is 2. The highest BCUT2D eigenvalue weighted by atomic mass is 16.2. The van der Waals surface area contributed by atoms with Crippen molar-refractivity contribution in [2.45, 2.75) is 95.8 Å². The average molecular weight is 613 g/mol. The van der Waals surface area contributed by atoms with Crippen LogP contribution in [0.5, 0.6) is 0 Å². The second kappa shape index (κ2) is 9.79. The van der Waals surface area contributed by atoms with Crippen LogP contribution in [0.2, 0.25) is 0 Å². The maximum atomic E-state index is 14.4. The molecule has 2 aliphatic heterocycles. The van der Waals surface area contributed by atoms with Crippen molar-refractivity contribution in [3.63, 3.8) is 0 Å². The molecule has 3 fully saturated rings. The topological polar surface area (TPSA) is 82.6 Å². The van der Waals surface area contributed by atoms with Crippen LogP contribution in [-0.2, 0) is 16.0 Å². The molecular weight excluding hydrogens is 568 g/mol. The van der Waals surface area contributed by atoms with E-state index in [9.17, 15) is 9.59 Å². The summed E-state index contributed by atoms with van der Waals surface area (Å²) < 4.78 is 0. The number of nitrogens with zero attached hydrogens (tertiary/aromatic N) is 1. The molecule has 0 saturated heterocycles. The Morgan fingerprint density at radius 3 is 2.09 bits per heavy atom. The summed E-state index contributed by atoms with van der Waals surface area (Å²) >= 11 is 0. The van der Waals surface area contributed by atoms with Crippen molar-refractivity contribution in [3.8, 4) is 0 Å². The van der Waals surface area contributed by atoms with Crippen LogP contribution in [0.3, 0.4) is 0 Å². The second-order valence-electron chi connectivity index (χ2n) is 16.0. The van der Waals surface area contributed by atoms with E-state index in [4.69, 9.17) is 4.99 Å². The average Bonchev–Trinajstić information content (AvgIpc) is 2.98. The number of allylic oxidation sites excluding steroid dienone is 2. The van der Waals surface area contributed by atoms with Gasteiger partial charge in [0.2, 0.25) is 0 Å². The molecule has 0 radical (unpaired) electrons. The first kappa shape index (κ1) is 28.3. The van der Waals surface area contributed by atoms with Crippen LogP contribution in [-0.4, -0.2) is 28.6 Å². The van der Waals surface area contributed by atoms with E-state index < -0.39 is 17.5 Å². The van der Waals surface area contributed by atoms with Gasteiger partial charge in [0.15, 0.2) is 11.6 Å². The summed E-state index contributed by atoms with van der Waals surface area (Å²) in [6.07, 6.45) is 11.5. The van der Waals surface area contributed by atoms with Crippen LogP contribution in [0.25, 0.3) is 10.8 Å². The molecule has 3 saturated carbocycles. The number of benzene rings is 3. The van der Waals surface area contributed by atoms with Gasteiger partial charge in [-0.1, -0.05) is 70.2 Å². The lowest BCUT2D eigenvalue weighted by molar-refractivity contribution is -0.142. The minimum absolute atomic E-state index is 0.00527. The zero-order valence-corrected chi connectivity index (χ0v) is 27.4. The molecule has 4 unspecified atom stereocenters. The van der Waals surface area contributed by atoms with Gasteiger partial charge in [-0.05, 0) is 103 Å². The molecule has 6 heteroatoms. The number of Topliss-reactive ketones (excluding diaryl/α,β-unsaturated/α-hetero) is 2. The molecule has 0 aromatic heterocycles. The van der Waals surface area contributed by atoms with E-state index in [-0.39, 0.29) is 17.2 Å². The Bertz CT molecular complexity index is 1870. The maximum Gasteiger partial charge on any atom is 0.162 e. The number of nitrogens with one attached hydrogen (secondary N) is 3. The Kier molecular flexibility index (Phi) is 6.02. The van der Waals surface area contributed by atoms with Gasteiger partial charge in [-0.3, -0.25) is 14.6 Å². The monoisotopic (exact) mass is 612 g/mol. The van der Waals surface area contributed by atoms with Gasteiger partial charge in [0.25, 0.3) is 0 Å². The highest BCUT2D eigenvalue weighted by molar-refractivity contribution is 6.33. The number of carbonyl (C=O) groups is 2. The highest BCUT2D eigenvalue weighted by Gasteiger charge is 2.54. The largest absolute Gasteiger partial charge is 0.362 e. The molecule has 4 atom stereocenters. The van der Waals surface area contributed by atoms with Gasteiger partial charge in [-0.25, -0.2) is 0 Å². The van der Waals surface area contributed by atoms with Gasteiger partial charge >= 0.3 is 0 Å². The third-order valence-electron chi connectivity index (χ3n) is 11.8. The normalized spacial score (nSPS) is 35.6. The predicted octanol–water partition coefficient (Wildman–Crippen LogP) is 8.33. The summed E-state index contributed by atoms with van der Waals surface area (Å²) in [4.78, 5) is 34.2. The van der Waals surface area contributed by atoms with Crippen molar-refractivity contribution in [1.82, 2.24) is 0 Å². The fourth-order valence-corrected chi connectivity index (χ4v) is 10.6. The minimum Gasteiger partial charge on any atom is -0.362 e. The Hall–Kier alpha value is -3.93. The first-order valence-corrected chi connectivity index (χ1v) is 17.5. The third-order valence-corrected chi connectivity index (χ3v) is 11.8. The molecule has 236 valence electrons. The van der Waals surface area contributed by atoms with Gasteiger partial charge in [0.1, 0.15) is 23.2 Å². The zero-order chi connectivity index (χ0) is 31.5. The van der Waals surface area contributed by atoms with Gasteiger partial charge in [-0.2, -0.15) is 0 Å². The highest BCUT2D eigenvalue weighted by Crippen LogP contribution is 2.53. The van der Waals surface area contributed by atoms with E-state index in [1.165, 1.54) is 18.4 Å². The molecule has 3 aromatic rings. The standard InChI is InChI=1S/C40H44N4O2/c1-21-15-22(2)18-39(17-21)41-29-9-5-7-25-11-13-27(35(43-39)31(25)29)33-37(45)34(38(33)46)28-14-12-26-8-6-10-30-32(26)36(28)44-40(42-30)19-23(3)16-24(4)20-40/h5-7,9-14,21-24,33-34,41,43-44H,8,15-20H2,1-4H3. The summed E-state index contributed by atoms with van der Waals surface area (Å²) in [5.41, 5.74) is 7.28. The van der Waals surface area contributed by atoms with E-state index in [2.05, 4.69) is 86.1 Å². The fraction of sp³-hybridized carbons (Fsp3) is 0.475. The third kappa shape index (κ3) is 4.10. The van der Waals surface area contributed by atoms with E-state index >= 15 is 0 Å². The summed E-state index contributed by atoms with van der Waals surface area (Å²) in [6, 6.07) is 14.6. The molecule has 0 amide bonds. The lowest BCUT2D eigenvalue weighted by Gasteiger charge is -2.49. The fourth-order valence-electron chi connectivity index (χ4n) is 10.6. The molecule has 2 spiro atoms. The predicted molar refractivity (Wildman–Crippen MR) is 186 cm³/mol. The van der Waals surface area contributed by atoms with Crippen molar-refractivity contribution in [1.29, 1.82) is 0 Å². The lowest BCUT2D eigenvalue weighted by atomic mass is 9.64. The van der Waals surface area contributed by atoms with Gasteiger partial charge in [-0.15, -0.1) is 0 Å². The van der Waals surface area contributed by atoms with Gasteiger partial charge in [0.05, 0.1) is 17.1 Å². The molecule has 9 rings (SSSR count). The smallest absolute Gasteiger partial charge is 0.162 e. The lowest BCUT2D eigenvalue weighted by Crippen LogP contribution is -2.53. The van der Waals surface area contributed by atoms with Crippen LogP contribution < -0.4 is 16.0 Å². The minimum atomic E-state index is -0.762. The Morgan fingerprint density at radius 1 is 0.717 bits per heavy atom. The number of anilines is 3. The molecule has 6 aliphatic rings. The van der Waals surface area contributed by atoms with Crippen molar-refractivity contribution >= 4 is 45.1 Å². The summed E-state index contributed by atoms with van der Waals surface area (Å²) in [6.45, 7) is 9.29. The first-order chi connectivity index (χ1) is 22.1. The van der Waals surface area contributed by atoms with E-state index in [0.29, 0.717) is 23.7 Å². The molecule has 2 heterocycles. The number of ketones is 2. The van der Waals surface area contributed by atoms with Crippen molar-refractivity contribution < 1.29 is 9.59 Å². The van der Waals surface area contributed by atoms with Crippen LogP contribution in [0.15, 0.2) is 59.6 Å². The summed E-state index contributed by atoms with van der Waals surface area (Å²) in [5, 5.41) is 13.9. The number of carbonyl (C=O) groups excluding carboxylic acids is 2. The van der Waals surface area contributed by atoms with E-state index in [1.54, 1.807) is 0 Å². The number of aliphatic imine (C=N–C) groups is 1. The molecule has 3 N–H and O–H groups in total. The molecule has 46 heavy (non-hydrogen) atoms. The SMILES string of the molecule is CC1CC(C)CC2(C1)N=C1C=CCc3ccc(C4C(=O)C(c5ccc6cccc7c6c5NC5(CC(C)CC(C)C5)N7)C4=O)c(c31)N2. The molecule has 0 bridgehead atoms. The van der Waals surface area contributed by atoms with Crippen LogP contribution in [0.1, 0.15) is 100 Å². The van der Waals surface area contributed by atoms with Crippen molar-refractivity contribution in [3.05, 3.63) is 76.9 Å². The Balaban J connectivity index is 1.11. The summed E-state index contributed by atoms with van der Waals surface area (Å²) in [7, 11) is 0. The molecule has 3 aromatic carbocycles. The Morgan fingerprint density at radius 2 is 1.37 bits per heavy atom. The maximum absolute atomic E-state index is 14.4. The molecule has 4 aliphatic carbocycles. The number of hydrogen-bond acceptors (Lipinski definition) is 6. The second-order valence-corrected chi connectivity index (χ2v) is 16.0. The van der Waals surface area contributed by atoms with Gasteiger partial charge < -0.3 is 16.0 Å². The van der Waals surface area contributed by atoms with E-state index in [0.717, 1.165) is 82.3 Å².